The van der Waals surface area contributed by atoms with Gasteiger partial charge in [0.2, 0.25) is 0 Å². The maximum Gasteiger partial charge on any atom is 0.328 e. The van der Waals surface area contributed by atoms with Gasteiger partial charge in [0, 0.05) is 44.8 Å². The van der Waals surface area contributed by atoms with Gasteiger partial charge in [-0.25, -0.2) is 14.2 Å². The number of amides is 1. The Morgan fingerprint density at radius 2 is 1.94 bits per heavy atom. The predicted molar refractivity (Wildman–Crippen MR) is 124 cm³/mol. The summed E-state index contributed by atoms with van der Waals surface area (Å²) in [5.74, 6) is -1.21. The fourth-order valence-corrected chi connectivity index (χ4v) is 4.53. The molecule has 9 nitrogen and oxygen atoms in total. The van der Waals surface area contributed by atoms with Crippen molar-refractivity contribution in [3.05, 3.63) is 66.8 Å². The Morgan fingerprint density at radius 1 is 1.24 bits per heavy atom. The first-order chi connectivity index (χ1) is 15.7. The highest BCUT2D eigenvalue weighted by Gasteiger charge is 2.23. The minimum atomic E-state index is -0.665. The number of aromatic nitrogens is 3. The van der Waals surface area contributed by atoms with Gasteiger partial charge in [0.05, 0.1) is 27.3 Å². The average molecular weight is 475 g/mol. The van der Waals surface area contributed by atoms with Gasteiger partial charge in [-0.1, -0.05) is 11.6 Å². The Labute approximate surface area is 193 Å². The Bertz CT molecular complexity index is 1360. The number of aryl methyl sites for hydroxylation is 1. The summed E-state index contributed by atoms with van der Waals surface area (Å²) in [5, 5.41) is 0.0892. The third-order valence-corrected chi connectivity index (χ3v) is 6.26. The topological polar surface area (TPSA) is 117 Å². The molecule has 0 saturated carbocycles. The standard InChI is InChI=1S/C22H24ClFN6O3/c1-3-30-21(32)17-14(23)10-13(18(24)19(17)27-22(30)33)11-28-6-8-29(9-7-28)16-5-4-15(20(25)31)26-12(16)2/h4-5,10H,3,6-9,11H2,1-2H3,(H2,25,31)(H,27,33). The number of halogens is 2. The number of nitrogens with two attached hydrogens (primary N) is 1. The minimum Gasteiger partial charge on any atom is -0.368 e. The number of pyridine rings is 1. The van der Waals surface area contributed by atoms with Crippen molar-refractivity contribution in [3.63, 3.8) is 0 Å². The van der Waals surface area contributed by atoms with E-state index in [2.05, 4.69) is 19.8 Å². The van der Waals surface area contributed by atoms with Gasteiger partial charge < -0.3 is 15.6 Å². The summed E-state index contributed by atoms with van der Waals surface area (Å²) >= 11 is 6.33. The second kappa shape index (κ2) is 8.95. The molecule has 1 fully saturated rings. The van der Waals surface area contributed by atoms with Gasteiger partial charge in [-0.2, -0.15) is 0 Å². The van der Waals surface area contributed by atoms with Crippen molar-refractivity contribution in [1.29, 1.82) is 0 Å². The molecule has 0 unspecified atom stereocenters. The molecule has 1 amide bonds. The van der Waals surface area contributed by atoms with E-state index in [1.165, 1.54) is 6.07 Å². The van der Waals surface area contributed by atoms with E-state index in [0.29, 0.717) is 37.4 Å². The van der Waals surface area contributed by atoms with Gasteiger partial charge in [-0.05, 0) is 32.0 Å². The molecular formula is C22H24ClFN6O3. The number of rotatable bonds is 5. The van der Waals surface area contributed by atoms with Crippen LogP contribution in [0, 0.1) is 12.7 Å². The predicted octanol–water partition coefficient (Wildman–Crippen LogP) is 1.63. The van der Waals surface area contributed by atoms with Crippen LogP contribution in [0.4, 0.5) is 10.1 Å². The lowest BCUT2D eigenvalue weighted by molar-refractivity contribution is 0.0995. The number of aromatic amines is 1. The zero-order chi connectivity index (χ0) is 23.9. The van der Waals surface area contributed by atoms with Crippen LogP contribution in [0.25, 0.3) is 10.9 Å². The molecule has 0 spiro atoms. The normalized spacial score (nSPS) is 14.7. The van der Waals surface area contributed by atoms with E-state index < -0.39 is 23.0 Å². The molecule has 2 aromatic heterocycles. The number of primary amides is 1. The number of fused-ring (bicyclic) bond motifs is 1. The maximum absolute atomic E-state index is 15.2. The summed E-state index contributed by atoms with van der Waals surface area (Å²) in [4.78, 5) is 47.0. The molecule has 1 aromatic carbocycles. The molecule has 0 aliphatic carbocycles. The molecule has 0 bridgehead atoms. The van der Waals surface area contributed by atoms with Crippen LogP contribution in [0.5, 0.6) is 0 Å². The first-order valence-corrected chi connectivity index (χ1v) is 11.0. The van der Waals surface area contributed by atoms with E-state index in [-0.39, 0.29) is 34.7 Å². The number of hydrogen-bond acceptors (Lipinski definition) is 6. The highest BCUT2D eigenvalue weighted by atomic mass is 35.5. The molecular weight excluding hydrogens is 451 g/mol. The number of carbonyl (C=O) groups is 1. The lowest BCUT2D eigenvalue weighted by Crippen LogP contribution is -2.46. The summed E-state index contributed by atoms with van der Waals surface area (Å²) in [6, 6.07) is 4.90. The van der Waals surface area contributed by atoms with E-state index in [9.17, 15) is 14.4 Å². The summed E-state index contributed by atoms with van der Waals surface area (Å²) in [5.41, 5.74) is 6.04. The molecule has 33 heavy (non-hydrogen) atoms. The van der Waals surface area contributed by atoms with Crippen molar-refractivity contribution in [2.24, 2.45) is 5.73 Å². The van der Waals surface area contributed by atoms with Crippen LogP contribution in [0.1, 0.15) is 28.7 Å². The molecule has 1 aliphatic heterocycles. The van der Waals surface area contributed by atoms with Crippen molar-refractivity contribution in [2.75, 3.05) is 31.1 Å². The van der Waals surface area contributed by atoms with E-state index in [1.807, 2.05) is 13.0 Å². The van der Waals surface area contributed by atoms with Crippen LogP contribution < -0.4 is 21.9 Å². The number of nitrogens with one attached hydrogen (secondary N) is 1. The highest BCUT2D eigenvalue weighted by Crippen LogP contribution is 2.26. The molecule has 0 atom stereocenters. The van der Waals surface area contributed by atoms with Gasteiger partial charge >= 0.3 is 5.69 Å². The first-order valence-electron chi connectivity index (χ1n) is 10.6. The fourth-order valence-electron chi connectivity index (χ4n) is 4.22. The largest absolute Gasteiger partial charge is 0.368 e. The van der Waals surface area contributed by atoms with Crippen LogP contribution in [0.3, 0.4) is 0 Å². The molecule has 3 aromatic rings. The second-order valence-corrected chi connectivity index (χ2v) is 8.40. The van der Waals surface area contributed by atoms with E-state index in [0.717, 1.165) is 10.3 Å². The third-order valence-electron chi connectivity index (χ3n) is 5.96. The second-order valence-electron chi connectivity index (χ2n) is 7.99. The van der Waals surface area contributed by atoms with Crippen LogP contribution in [0.2, 0.25) is 5.02 Å². The summed E-state index contributed by atoms with van der Waals surface area (Å²) in [7, 11) is 0. The monoisotopic (exact) mass is 474 g/mol. The maximum atomic E-state index is 15.2. The van der Waals surface area contributed by atoms with Crippen molar-refractivity contribution >= 4 is 34.1 Å². The van der Waals surface area contributed by atoms with Crippen LogP contribution >= 0.6 is 11.6 Å². The van der Waals surface area contributed by atoms with Gasteiger partial charge in [-0.3, -0.25) is 19.1 Å². The van der Waals surface area contributed by atoms with E-state index >= 15 is 4.39 Å². The molecule has 1 saturated heterocycles. The average Bonchev–Trinajstić information content (AvgIpc) is 2.77. The quantitative estimate of drug-likeness (QED) is 0.580. The number of piperazine rings is 1. The number of H-pyrrole nitrogens is 1. The van der Waals surface area contributed by atoms with Gasteiger partial charge in [0.1, 0.15) is 5.69 Å². The first kappa shape index (κ1) is 22.9. The zero-order valence-corrected chi connectivity index (χ0v) is 19.1. The molecule has 4 rings (SSSR count). The molecule has 174 valence electrons. The smallest absolute Gasteiger partial charge is 0.328 e. The fraction of sp³-hybridized carbons (Fsp3) is 0.364. The summed E-state index contributed by atoms with van der Waals surface area (Å²) in [6.07, 6.45) is 0. The van der Waals surface area contributed by atoms with E-state index in [4.69, 9.17) is 17.3 Å². The Hall–Kier alpha value is -3.24. The van der Waals surface area contributed by atoms with Crippen molar-refractivity contribution in [2.45, 2.75) is 26.9 Å². The highest BCUT2D eigenvalue weighted by molar-refractivity contribution is 6.35. The minimum absolute atomic E-state index is 0.0217. The Kier molecular flexibility index (Phi) is 6.22. The molecule has 3 N–H and O–H groups in total. The van der Waals surface area contributed by atoms with Crippen LogP contribution in [-0.4, -0.2) is 51.5 Å². The number of carbonyl (C=O) groups excluding carboxylic acids is 1. The Morgan fingerprint density at radius 3 is 2.55 bits per heavy atom. The summed E-state index contributed by atoms with van der Waals surface area (Å²) in [6.45, 7) is 6.59. The number of anilines is 1. The molecule has 11 heteroatoms. The molecule has 3 heterocycles. The number of nitrogens with zero attached hydrogens (tertiary/aromatic N) is 4. The van der Waals surface area contributed by atoms with Crippen LogP contribution in [-0.2, 0) is 13.1 Å². The lowest BCUT2D eigenvalue weighted by Gasteiger charge is -2.36. The number of benzene rings is 1. The summed E-state index contributed by atoms with van der Waals surface area (Å²) < 4.78 is 16.2. The zero-order valence-electron chi connectivity index (χ0n) is 18.3. The van der Waals surface area contributed by atoms with Gasteiger partial charge in [-0.15, -0.1) is 0 Å². The van der Waals surface area contributed by atoms with Crippen molar-refractivity contribution < 1.29 is 9.18 Å². The van der Waals surface area contributed by atoms with E-state index in [1.54, 1.807) is 13.0 Å². The van der Waals surface area contributed by atoms with Crippen LogP contribution in [0.15, 0.2) is 27.8 Å². The third kappa shape index (κ3) is 4.23. The molecule has 0 radical (unpaired) electrons. The Balaban J connectivity index is 1.54. The van der Waals surface area contributed by atoms with Crippen molar-refractivity contribution in [3.8, 4) is 0 Å². The number of hydrogen-bond donors (Lipinski definition) is 2. The SMILES string of the molecule is CCn1c(=O)[nH]c2c(F)c(CN3CCN(c4ccc(C(N)=O)nc4C)CC3)cc(Cl)c2c1=O. The lowest BCUT2D eigenvalue weighted by atomic mass is 10.1. The van der Waals surface area contributed by atoms with Gasteiger partial charge in [0.25, 0.3) is 11.5 Å². The van der Waals surface area contributed by atoms with Gasteiger partial charge in [0.15, 0.2) is 5.82 Å². The van der Waals surface area contributed by atoms with Crippen molar-refractivity contribution in [1.82, 2.24) is 19.4 Å². The molecule has 1 aliphatic rings.